The molecule has 1 amide bonds. The first kappa shape index (κ1) is 13.2. The van der Waals surface area contributed by atoms with Gasteiger partial charge < -0.3 is 4.98 Å². The number of pyridine rings is 1. The van der Waals surface area contributed by atoms with E-state index in [9.17, 15) is 4.79 Å². The number of amides is 1. The van der Waals surface area contributed by atoms with Crippen LogP contribution < -0.4 is 0 Å². The van der Waals surface area contributed by atoms with Gasteiger partial charge in [-0.15, -0.1) is 0 Å². The van der Waals surface area contributed by atoms with E-state index in [0.29, 0.717) is 17.9 Å². The minimum absolute atomic E-state index is 0.0302. The van der Waals surface area contributed by atoms with Crippen molar-refractivity contribution in [3.8, 4) is 0 Å². The molecule has 0 aromatic carbocycles. The lowest BCUT2D eigenvalue weighted by Crippen LogP contribution is -1.95. The van der Waals surface area contributed by atoms with Gasteiger partial charge in [-0.1, -0.05) is 0 Å². The van der Waals surface area contributed by atoms with Gasteiger partial charge in [-0.2, -0.15) is 0 Å². The Bertz CT molecular complexity index is 717. The lowest BCUT2D eigenvalue weighted by molar-refractivity contribution is -0.117. The number of hydrogen-bond acceptors (Lipinski definition) is 3. The molecule has 2 aromatic rings. The molecular weight excluding hydrogens is 320 g/mol. The normalized spacial score (nSPS) is 16.6. The Kier molecular flexibility index (Phi) is 3.73. The molecule has 0 fully saturated rings. The molecule has 0 radical (unpaired) electrons. The van der Waals surface area contributed by atoms with Gasteiger partial charge in [0, 0.05) is 22.8 Å². The summed E-state index contributed by atoms with van der Waals surface area (Å²) in [5.41, 5.74) is 2.37. The molecular formula is C14H13BrN4O. The van der Waals surface area contributed by atoms with Crippen molar-refractivity contribution >= 4 is 44.8 Å². The quantitative estimate of drug-likeness (QED) is 0.917. The van der Waals surface area contributed by atoms with Crippen LogP contribution in [0.2, 0.25) is 0 Å². The maximum atomic E-state index is 11.4. The van der Waals surface area contributed by atoms with Gasteiger partial charge in [0.25, 0.3) is 0 Å². The second-order valence-electron chi connectivity index (χ2n) is 4.68. The van der Waals surface area contributed by atoms with Crippen LogP contribution in [0.4, 0.5) is 0 Å². The number of nitrogens with one attached hydrogen (secondary N) is 1. The summed E-state index contributed by atoms with van der Waals surface area (Å²) in [5, 5.41) is 0. The van der Waals surface area contributed by atoms with Crippen LogP contribution in [0.15, 0.2) is 27.8 Å². The summed E-state index contributed by atoms with van der Waals surface area (Å²) in [4.78, 5) is 27.3. The SMILES string of the molecule is O=C1CCCCC(C=Cc2nc3ncc(Br)cc3[nH]2)=N1. The van der Waals surface area contributed by atoms with Crippen molar-refractivity contribution in [2.75, 3.05) is 0 Å². The van der Waals surface area contributed by atoms with E-state index in [0.717, 1.165) is 35.0 Å². The van der Waals surface area contributed by atoms with Crippen LogP contribution in [0.1, 0.15) is 31.5 Å². The maximum absolute atomic E-state index is 11.4. The molecule has 1 aliphatic rings. The van der Waals surface area contributed by atoms with Crippen molar-refractivity contribution in [2.24, 2.45) is 4.99 Å². The standard InChI is InChI=1S/C14H13BrN4O/c15-9-7-11-14(16-8-9)19-12(18-11)6-5-10-3-1-2-4-13(20)17-10/h5-8H,1-4H2,(H,16,18,19). The molecule has 20 heavy (non-hydrogen) atoms. The number of aromatic amines is 1. The number of nitrogens with zero attached hydrogens (tertiary/aromatic N) is 3. The Hall–Kier alpha value is -1.82. The van der Waals surface area contributed by atoms with Crippen molar-refractivity contribution in [3.63, 3.8) is 0 Å². The molecule has 0 atom stereocenters. The number of allylic oxidation sites excluding steroid dienone is 1. The largest absolute Gasteiger partial charge is 0.337 e. The molecule has 0 saturated carbocycles. The monoisotopic (exact) mass is 332 g/mol. The Morgan fingerprint density at radius 2 is 2.10 bits per heavy atom. The number of aromatic nitrogens is 3. The average molecular weight is 333 g/mol. The molecule has 1 aliphatic heterocycles. The molecule has 0 saturated heterocycles. The molecule has 2 aromatic heterocycles. The lowest BCUT2D eigenvalue weighted by Gasteiger charge is -1.93. The van der Waals surface area contributed by atoms with E-state index in [4.69, 9.17) is 0 Å². The van der Waals surface area contributed by atoms with Gasteiger partial charge in [-0.3, -0.25) is 4.79 Å². The van der Waals surface area contributed by atoms with E-state index in [1.165, 1.54) is 0 Å². The van der Waals surface area contributed by atoms with Crippen molar-refractivity contribution in [1.29, 1.82) is 0 Å². The number of carbonyl (C=O) groups excluding carboxylic acids is 1. The van der Waals surface area contributed by atoms with Gasteiger partial charge in [-0.25, -0.2) is 15.0 Å². The summed E-state index contributed by atoms with van der Waals surface area (Å²) < 4.78 is 0.905. The molecule has 102 valence electrons. The average Bonchev–Trinajstić information content (AvgIpc) is 2.70. The third kappa shape index (κ3) is 3.01. The van der Waals surface area contributed by atoms with E-state index < -0.39 is 0 Å². The number of H-pyrrole nitrogens is 1. The Morgan fingerprint density at radius 3 is 3.00 bits per heavy atom. The zero-order chi connectivity index (χ0) is 13.9. The van der Waals surface area contributed by atoms with Crippen LogP contribution >= 0.6 is 15.9 Å². The third-order valence-corrected chi connectivity index (χ3v) is 3.53. The fourth-order valence-corrected chi connectivity index (χ4v) is 2.45. The third-order valence-electron chi connectivity index (χ3n) is 3.10. The fraction of sp³-hybridized carbons (Fsp3) is 0.286. The summed E-state index contributed by atoms with van der Waals surface area (Å²) in [5.74, 6) is 0.683. The van der Waals surface area contributed by atoms with E-state index >= 15 is 0 Å². The zero-order valence-corrected chi connectivity index (χ0v) is 12.4. The van der Waals surface area contributed by atoms with Gasteiger partial charge in [-0.05, 0) is 53.4 Å². The van der Waals surface area contributed by atoms with Gasteiger partial charge in [0.05, 0.1) is 5.52 Å². The molecule has 1 N–H and O–H groups in total. The fourth-order valence-electron chi connectivity index (χ4n) is 2.12. The predicted octanol–water partition coefficient (Wildman–Crippen LogP) is 3.28. The molecule has 3 heterocycles. The summed E-state index contributed by atoms with van der Waals surface area (Å²) in [6.07, 6.45) is 8.73. The summed E-state index contributed by atoms with van der Waals surface area (Å²) in [6, 6.07) is 1.93. The molecule has 0 aliphatic carbocycles. The summed E-state index contributed by atoms with van der Waals surface area (Å²) in [7, 11) is 0. The molecule has 0 bridgehead atoms. The van der Waals surface area contributed by atoms with E-state index in [-0.39, 0.29) is 5.91 Å². The van der Waals surface area contributed by atoms with Crippen molar-refractivity contribution in [2.45, 2.75) is 25.7 Å². The van der Waals surface area contributed by atoms with Crippen LogP contribution in [0.25, 0.3) is 17.2 Å². The summed E-state index contributed by atoms with van der Waals surface area (Å²) in [6.45, 7) is 0. The highest BCUT2D eigenvalue weighted by Crippen LogP contribution is 2.16. The first-order chi connectivity index (χ1) is 9.70. The molecule has 3 rings (SSSR count). The number of imidazole rings is 1. The van der Waals surface area contributed by atoms with E-state index in [1.807, 2.05) is 18.2 Å². The van der Waals surface area contributed by atoms with Crippen LogP contribution in [0.5, 0.6) is 0 Å². The van der Waals surface area contributed by atoms with Gasteiger partial charge in [0.1, 0.15) is 5.82 Å². The summed E-state index contributed by atoms with van der Waals surface area (Å²) >= 11 is 3.37. The van der Waals surface area contributed by atoms with E-state index in [2.05, 4.69) is 35.9 Å². The van der Waals surface area contributed by atoms with Gasteiger partial charge in [0.2, 0.25) is 5.91 Å². The zero-order valence-electron chi connectivity index (χ0n) is 10.8. The molecule has 5 nitrogen and oxygen atoms in total. The van der Waals surface area contributed by atoms with Crippen LogP contribution in [-0.4, -0.2) is 26.6 Å². The second-order valence-corrected chi connectivity index (χ2v) is 5.60. The number of halogens is 1. The highest BCUT2D eigenvalue weighted by molar-refractivity contribution is 9.10. The lowest BCUT2D eigenvalue weighted by atomic mass is 10.1. The van der Waals surface area contributed by atoms with Gasteiger partial charge in [0.15, 0.2) is 5.65 Å². The Labute approximate surface area is 124 Å². The Balaban J connectivity index is 1.84. The highest BCUT2D eigenvalue weighted by Gasteiger charge is 2.08. The minimum Gasteiger partial charge on any atom is -0.337 e. The van der Waals surface area contributed by atoms with Crippen molar-refractivity contribution in [1.82, 2.24) is 15.0 Å². The van der Waals surface area contributed by atoms with E-state index in [1.54, 1.807) is 6.20 Å². The minimum atomic E-state index is -0.0302. The molecule has 0 unspecified atom stereocenters. The molecule has 6 heteroatoms. The number of aliphatic imine (C=N–C) groups is 1. The first-order valence-electron chi connectivity index (χ1n) is 6.50. The Morgan fingerprint density at radius 1 is 1.25 bits per heavy atom. The highest BCUT2D eigenvalue weighted by atomic mass is 79.9. The maximum Gasteiger partial charge on any atom is 0.245 e. The van der Waals surface area contributed by atoms with Crippen LogP contribution in [0.3, 0.4) is 0 Å². The molecule has 0 spiro atoms. The van der Waals surface area contributed by atoms with Crippen LogP contribution in [0, 0.1) is 0 Å². The van der Waals surface area contributed by atoms with Crippen molar-refractivity contribution < 1.29 is 4.79 Å². The predicted molar refractivity (Wildman–Crippen MR) is 81.5 cm³/mol. The second kappa shape index (κ2) is 5.66. The van der Waals surface area contributed by atoms with Gasteiger partial charge >= 0.3 is 0 Å². The van der Waals surface area contributed by atoms with Crippen molar-refractivity contribution in [3.05, 3.63) is 28.6 Å². The topological polar surface area (TPSA) is 71.0 Å². The smallest absolute Gasteiger partial charge is 0.245 e. The first-order valence-corrected chi connectivity index (χ1v) is 7.30. The number of rotatable bonds is 2. The number of hydrogen-bond donors (Lipinski definition) is 1. The van der Waals surface area contributed by atoms with Crippen LogP contribution in [-0.2, 0) is 4.79 Å². The number of carbonyl (C=O) groups is 1. The number of fused-ring (bicyclic) bond motifs is 1.